The Hall–Kier alpha value is -1.72. The van der Waals surface area contributed by atoms with Crippen LogP contribution in [-0.4, -0.2) is 37.5 Å². The molecule has 1 N–H and O–H groups in total. The van der Waals surface area contributed by atoms with E-state index >= 15 is 0 Å². The van der Waals surface area contributed by atoms with Gasteiger partial charge < -0.3 is 4.90 Å². The molecule has 0 spiro atoms. The summed E-state index contributed by atoms with van der Waals surface area (Å²) in [5.41, 5.74) is -0.988. The lowest BCUT2D eigenvalue weighted by atomic mass is 10.1. The van der Waals surface area contributed by atoms with Gasteiger partial charge in [-0.2, -0.15) is 13.2 Å². The molecule has 0 radical (unpaired) electrons. The lowest BCUT2D eigenvalue weighted by Gasteiger charge is -2.32. The molecule has 0 unspecified atom stereocenters. The van der Waals surface area contributed by atoms with Crippen molar-refractivity contribution in [1.82, 2.24) is 14.7 Å². The second-order valence-electron chi connectivity index (χ2n) is 5.55. The zero-order valence-electron chi connectivity index (χ0n) is 12.9. The van der Waals surface area contributed by atoms with Gasteiger partial charge in [0.2, 0.25) is 16.0 Å². The summed E-state index contributed by atoms with van der Waals surface area (Å²) in [4.78, 5) is 9.09. The number of thiophene rings is 1. The summed E-state index contributed by atoms with van der Waals surface area (Å²) in [6.45, 7) is 0.748. The molecule has 3 rings (SSSR count). The average molecular weight is 392 g/mol. The molecule has 1 saturated heterocycles. The van der Waals surface area contributed by atoms with Crippen molar-refractivity contribution >= 4 is 27.3 Å². The molecular weight excluding hydrogens is 377 g/mol. The third-order valence-corrected chi connectivity index (χ3v) is 6.71. The van der Waals surface area contributed by atoms with Crippen LogP contribution in [0, 0.1) is 0 Å². The Balaban J connectivity index is 1.63. The summed E-state index contributed by atoms with van der Waals surface area (Å²) in [7, 11) is -3.55. The number of hydrogen-bond acceptors (Lipinski definition) is 6. The van der Waals surface area contributed by atoms with Crippen LogP contribution in [-0.2, 0) is 16.2 Å². The third-order valence-electron chi connectivity index (χ3n) is 3.79. The van der Waals surface area contributed by atoms with Gasteiger partial charge in [-0.1, -0.05) is 6.07 Å². The highest BCUT2D eigenvalue weighted by Crippen LogP contribution is 2.28. The molecule has 0 atom stereocenters. The molecule has 0 saturated carbocycles. The van der Waals surface area contributed by atoms with Gasteiger partial charge in [-0.15, -0.1) is 11.3 Å². The van der Waals surface area contributed by atoms with Gasteiger partial charge in [-0.25, -0.2) is 23.1 Å². The molecule has 136 valence electrons. The van der Waals surface area contributed by atoms with E-state index in [9.17, 15) is 21.6 Å². The molecule has 0 aliphatic carbocycles. The van der Waals surface area contributed by atoms with Crippen LogP contribution in [0.2, 0.25) is 0 Å². The molecular formula is C14H15F3N4O2S2. The molecule has 1 aliphatic rings. The van der Waals surface area contributed by atoms with Crippen LogP contribution >= 0.6 is 11.3 Å². The van der Waals surface area contributed by atoms with Gasteiger partial charge >= 0.3 is 6.18 Å². The van der Waals surface area contributed by atoms with E-state index < -0.39 is 21.9 Å². The van der Waals surface area contributed by atoms with E-state index in [0.717, 1.165) is 23.6 Å². The lowest BCUT2D eigenvalue weighted by molar-refractivity contribution is -0.141. The average Bonchev–Trinajstić information content (AvgIpc) is 3.10. The summed E-state index contributed by atoms with van der Waals surface area (Å²) in [5, 5.41) is 1.68. The number of piperidine rings is 1. The van der Waals surface area contributed by atoms with Crippen LogP contribution in [0.1, 0.15) is 18.5 Å². The normalized spacial score (nSPS) is 17.0. The second kappa shape index (κ2) is 6.89. The number of nitrogens with one attached hydrogen (secondary N) is 1. The van der Waals surface area contributed by atoms with Gasteiger partial charge in [0.15, 0.2) is 0 Å². The number of hydrogen-bond donors (Lipinski definition) is 1. The Bertz CT molecular complexity index is 817. The first-order chi connectivity index (χ1) is 11.8. The smallest absolute Gasteiger partial charge is 0.341 e. The van der Waals surface area contributed by atoms with Crippen molar-refractivity contribution in [1.29, 1.82) is 0 Å². The Morgan fingerprint density at radius 1 is 1.24 bits per heavy atom. The van der Waals surface area contributed by atoms with Crippen LogP contribution in [0.5, 0.6) is 0 Å². The first-order valence-electron chi connectivity index (χ1n) is 7.47. The Kier molecular flexibility index (Phi) is 4.98. The summed E-state index contributed by atoms with van der Waals surface area (Å²) in [6.07, 6.45) is -2.52. The van der Waals surface area contributed by atoms with E-state index in [-0.39, 0.29) is 16.2 Å². The predicted octanol–water partition coefficient (Wildman–Crippen LogP) is 2.50. The van der Waals surface area contributed by atoms with Crippen molar-refractivity contribution in [3.8, 4) is 0 Å². The molecule has 2 aromatic rings. The van der Waals surface area contributed by atoms with Crippen LogP contribution in [0.3, 0.4) is 0 Å². The fourth-order valence-electron chi connectivity index (χ4n) is 2.55. The van der Waals surface area contributed by atoms with E-state index in [4.69, 9.17) is 0 Å². The monoisotopic (exact) mass is 392 g/mol. The Morgan fingerprint density at radius 2 is 1.96 bits per heavy atom. The molecule has 0 bridgehead atoms. The van der Waals surface area contributed by atoms with E-state index in [1.165, 1.54) is 6.07 Å². The number of aromatic nitrogens is 2. The summed E-state index contributed by atoms with van der Waals surface area (Å²) in [6, 6.07) is 3.74. The maximum absolute atomic E-state index is 12.7. The van der Waals surface area contributed by atoms with Gasteiger partial charge in [0.1, 0.15) is 9.90 Å². The number of nitrogens with zero attached hydrogens (tertiary/aromatic N) is 3. The number of anilines is 1. The molecule has 1 fully saturated rings. The zero-order valence-corrected chi connectivity index (χ0v) is 14.5. The largest absolute Gasteiger partial charge is 0.433 e. The quantitative estimate of drug-likeness (QED) is 0.865. The molecule has 11 heteroatoms. The summed E-state index contributed by atoms with van der Waals surface area (Å²) in [5.74, 6) is 0.00869. The highest BCUT2D eigenvalue weighted by molar-refractivity contribution is 7.91. The number of halogens is 3. The molecule has 1 aliphatic heterocycles. The second-order valence-corrected chi connectivity index (χ2v) is 8.44. The van der Waals surface area contributed by atoms with Crippen LogP contribution < -0.4 is 9.62 Å². The molecule has 3 heterocycles. The zero-order chi connectivity index (χ0) is 18.1. The molecule has 25 heavy (non-hydrogen) atoms. The van der Waals surface area contributed by atoms with Crippen LogP contribution in [0.25, 0.3) is 0 Å². The van der Waals surface area contributed by atoms with Gasteiger partial charge in [0, 0.05) is 25.3 Å². The first-order valence-corrected chi connectivity index (χ1v) is 9.83. The number of sulfonamides is 1. The van der Waals surface area contributed by atoms with E-state index in [2.05, 4.69) is 14.7 Å². The van der Waals surface area contributed by atoms with Crippen molar-refractivity contribution in [2.24, 2.45) is 0 Å². The predicted molar refractivity (Wildman–Crippen MR) is 86.9 cm³/mol. The maximum Gasteiger partial charge on any atom is 0.433 e. The summed E-state index contributed by atoms with van der Waals surface area (Å²) >= 11 is 1.13. The topological polar surface area (TPSA) is 75.2 Å². The van der Waals surface area contributed by atoms with Gasteiger partial charge in [0.05, 0.1) is 0 Å². The van der Waals surface area contributed by atoms with Crippen LogP contribution in [0.15, 0.2) is 34.0 Å². The van der Waals surface area contributed by atoms with Crippen molar-refractivity contribution < 1.29 is 21.6 Å². The van der Waals surface area contributed by atoms with Crippen molar-refractivity contribution in [2.75, 3.05) is 18.0 Å². The minimum Gasteiger partial charge on any atom is -0.341 e. The van der Waals surface area contributed by atoms with Gasteiger partial charge in [0.25, 0.3) is 0 Å². The molecule has 6 nitrogen and oxygen atoms in total. The Morgan fingerprint density at radius 3 is 2.56 bits per heavy atom. The minimum atomic E-state index is -4.52. The van der Waals surface area contributed by atoms with E-state index in [1.807, 2.05) is 0 Å². The first kappa shape index (κ1) is 18.1. The number of rotatable bonds is 4. The van der Waals surface area contributed by atoms with Crippen molar-refractivity contribution in [3.63, 3.8) is 0 Å². The standard InChI is InChI=1S/C14H15F3N4O2S2/c15-14(16,17)11-3-6-18-13(19-11)21-7-4-10(5-8-21)20-25(22,23)12-2-1-9-24-12/h1-3,6,9-10,20H,4-5,7-8H2. The Labute approximate surface area is 146 Å². The SMILES string of the molecule is O=S(=O)(NC1CCN(c2nccc(C(F)(F)F)n2)CC1)c1cccs1. The fraction of sp³-hybridized carbons (Fsp3) is 0.429. The van der Waals surface area contributed by atoms with E-state index in [0.29, 0.717) is 25.9 Å². The fourth-order valence-corrected chi connectivity index (χ4v) is 4.86. The number of alkyl halides is 3. The highest BCUT2D eigenvalue weighted by atomic mass is 32.2. The van der Waals surface area contributed by atoms with Crippen LogP contribution in [0.4, 0.5) is 19.1 Å². The van der Waals surface area contributed by atoms with Gasteiger partial charge in [-0.05, 0) is 30.4 Å². The van der Waals surface area contributed by atoms with Gasteiger partial charge in [-0.3, -0.25) is 0 Å². The highest BCUT2D eigenvalue weighted by Gasteiger charge is 2.34. The third kappa shape index (κ3) is 4.28. The lowest BCUT2D eigenvalue weighted by Crippen LogP contribution is -2.45. The van der Waals surface area contributed by atoms with E-state index in [1.54, 1.807) is 16.3 Å². The van der Waals surface area contributed by atoms with Crippen molar-refractivity contribution in [2.45, 2.75) is 29.3 Å². The maximum atomic E-state index is 12.7. The minimum absolute atomic E-state index is 0.00869. The molecule has 0 amide bonds. The van der Waals surface area contributed by atoms with Crippen molar-refractivity contribution in [3.05, 3.63) is 35.5 Å². The molecule has 0 aromatic carbocycles. The molecule has 2 aromatic heterocycles. The summed E-state index contributed by atoms with van der Waals surface area (Å²) < 4.78 is 65.5.